The largest absolute Gasteiger partial charge is 0.457 e. The maximum atomic E-state index is 12.4. The van der Waals surface area contributed by atoms with E-state index in [1.165, 1.54) is 0 Å². The highest BCUT2D eigenvalue weighted by Gasteiger charge is 2.48. The van der Waals surface area contributed by atoms with E-state index in [2.05, 4.69) is 39.3 Å². The number of carbonyl (C=O) groups excluding carboxylic acids is 2. The highest BCUT2D eigenvalue weighted by molar-refractivity contribution is 6.88. The van der Waals surface area contributed by atoms with Crippen molar-refractivity contribution in [1.82, 2.24) is 0 Å². The van der Waals surface area contributed by atoms with Crippen LogP contribution in [0.25, 0.3) is 0 Å². The number of hydrogen-bond donors (Lipinski definition) is 0. The fourth-order valence-electron chi connectivity index (χ4n) is 2.88. The van der Waals surface area contributed by atoms with Gasteiger partial charge in [0.2, 0.25) is 0 Å². The first kappa shape index (κ1) is 25.5. The molecule has 0 bridgehead atoms. The standard InChI is InChI=1S/C20H34O6Si3/c1-9-20(29(8,25-27(2,3)4)26-28(5,6)7)24-19(22)16-15-18(21)23-17-13-11-10-12-14-17/h10-16,20H,9H2,1-8H3/b16-15+. The molecular formula is C20H34O6Si3. The van der Waals surface area contributed by atoms with Crippen LogP contribution in [0.5, 0.6) is 5.75 Å². The highest BCUT2D eigenvalue weighted by Crippen LogP contribution is 2.27. The Morgan fingerprint density at radius 2 is 1.34 bits per heavy atom. The van der Waals surface area contributed by atoms with Crippen molar-refractivity contribution in [3.63, 3.8) is 0 Å². The molecule has 1 aromatic rings. The number of carbonyl (C=O) groups is 2. The Morgan fingerprint density at radius 1 is 0.862 bits per heavy atom. The third-order valence-corrected chi connectivity index (χ3v) is 13.4. The summed E-state index contributed by atoms with van der Waals surface area (Å²) in [6.45, 7) is 16.5. The van der Waals surface area contributed by atoms with Gasteiger partial charge in [0, 0.05) is 12.2 Å². The van der Waals surface area contributed by atoms with E-state index in [0.717, 1.165) is 12.2 Å². The highest BCUT2D eigenvalue weighted by atomic mass is 28.5. The van der Waals surface area contributed by atoms with E-state index in [1.807, 2.05) is 19.5 Å². The molecule has 0 saturated carbocycles. The zero-order valence-corrected chi connectivity index (χ0v) is 21.8. The number of para-hydroxylation sites is 1. The molecule has 1 atom stereocenters. The summed E-state index contributed by atoms with van der Waals surface area (Å²) in [6.07, 6.45) is 2.73. The first-order chi connectivity index (χ1) is 13.2. The van der Waals surface area contributed by atoms with Gasteiger partial charge in [-0.15, -0.1) is 0 Å². The maximum absolute atomic E-state index is 12.4. The zero-order chi connectivity index (χ0) is 22.3. The van der Waals surface area contributed by atoms with Gasteiger partial charge in [0.05, 0.1) is 0 Å². The van der Waals surface area contributed by atoms with Crippen LogP contribution >= 0.6 is 0 Å². The van der Waals surface area contributed by atoms with E-state index in [1.54, 1.807) is 24.3 Å². The van der Waals surface area contributed by atoms with E-state index >= 15 is 0 Å². The quantitative estimate of drug-likeness (QED) is 0.219. The van der Waals surface area contributed by atoms with Crippen LogP contribution in [-0.2, 0) is 22.6 Å². The van der Waals surface area contributed by atoms with Crippen molar-refractivity contribution in [2.75, 3.05) is 0 Å². The molecule has 162 valence electrons. The molecule has 0 amide bonds. The average molecular weight is 455 g/mol. The first-order valence-electron chi connectivity index (χ1n) is 9.80. The van der Waals surface area contributed by atoms with E-state index in [-0.39, 0.29) is 0 Å². The van der Waals surface area contributed by atoms with Crippen molar-refractivity contribution < 1.29 is 27.3 Å². The average Bonchev–Trinajstić information content (AvgIpc) is 2.55. The summed E-state index contributed by atoms with van der Waals surface area (Å²) in [5.74, 6) is -0.842. The molecule has 9 heteroatoms. The molecule has 0 aliphatic carbocycles. The van der Waals surface area contributed by atoms with Crippen LogP contribution in [-0.4, -0.2) is 42.9 Å². The molecule has 29 heavy (non-hydrogen) atoms. The second-order valence-electron chi connectivity index (χ2n) is 8.85. The number of ether oxygens (including phenoxy) is 2. The molecule has 0 spiro atoms. The summed E-state index contributed by atoms with van der Waals surface area (Å²) in [4.78, 5) is 24.3. The van der Waals surface area contributed by atoms with Crippen molar-refractivity contribution in [2.24, 2.45) is 0 Å². The Bertz CT molecular complexity index is 691. The van der Waals surface area contributed by atoms with Crippen LogP contribution in [0.3, 0.4) is 0 Å². The van der Waals surface area contributed by atoms with Gasteiger partial charge >= 0.3 is 20.5 Å². The van der Waals surface area contributed by atoms with E-state index in [0.29, 0.717) is 12.2 Å². The maximum Gasteiger partial charge on any atom is 0.356 e. The summed E-state index contributed by atoms with van der Waals surface area (Å²) in [5.41, 5.74) is -0.469. The van der Waals surface area contributed by atoms with Crippen molar-refractivity contribution >= 4 is 37.1 Å². The topological polar surface area (TPSA) is 71.1 Å². The molecular weight excluding hydrogens is 420 g/mol. The van der Waals surface area contributed by atoms with E-state index in [9.17, 15) is 9.59 Å². The molecule has 1 rings (SSSR count). The minimum Gasteiger partial charge on any atom is -0.457 e. The fraction of sp³-hybridized carbons (Fsp3) is 0.500. The lowest BCUT2D eigenvalue weighted by molar-refractivity contribution is -0.141. The predicted molar refractivity (Wildman–Crippen MR) is 122 cm³/mol. The molecule has 6 nitrogen and oxygen atoms in total. The van der Waals surface area contributed by atoms with Gasteiger partial charge in [-0.25, -0.2) is 9.59 Å². The Morgan fingerprint density at radius 3 is 1.79 bits per heavy atom. The van der Waals surface area contributed by atoms with Gasteiger partial charge in [0.15, 0.2) is 16.6 Å². The lowest BCUT2D eigenvalue weighted by Crippen LogP contribution is -2.60. The normalized spacial score (nSPS) is 13.9. The van der Waals surface area contributed by atoms with Gasteiger partial charge in [0.1, 0.15) is 11.5 Å². The Labute approximate surface area is 177 Å². The summed E-state index contributed by atoms with van der Waals surface area (Å²) >= 11 is 0. The molecule has 0 saturated heterocycles. The lowest BCUT2D eigenvalue weighted by Gasteiger charge is -2.42. The van der Waals surface area contributed by atoms with Crippen LogP contribution in [0.2, 0.25) is 45.8 Å². The van der Waals surface area contributed by atoms with E-state index < -0.39 is 42.9 Å². The monoisotopic (exact) mass is 454 g/mol. The molecule has 1 unspecified atom stereocenters. The summed E-state index contributed by atoms with van der Waals surface area (Å²) in [7, 11) is -6.65. The predicted octanol–water partition coefficient (Wildman–Crippen LogP) is 4.78. The van der Waals surface area contributed by atoms with Crippen molar-refractivity contribution in [3.05, 3.63) is 42.5 Å². The fourth-order valence-corrected chi connectivity index (χ4v) is 15.3. The van der Waals surface area contributed by atoms with Gasteiger partial charge in [-0.2, -0.15) is 0 Å². The Hall–Kier alpha value is -1.53. The number of esters is 2. The minimum absolute atomic E-state index is 0.411. The third kappa shape index (κ3) is 10.2. The van der Waals surface area contributed by atoms with Crippen LogP contribution in [0, 0.1) is 0 Å². The van der Waals surface area contributed by atoms with Crippen LogP contribution < -0.4 is 4.74 Å². The molecule has 0 aromatic heterocycles. The smallest absolute Gasteiger partial charge is 0.356 e. The van der Waals surface area contributed by atoms with Gasteiger partial charge in [-0.3, -0.25) is 0 Å². The van der Waals surface area contributed by atoms with Gasteiger partial charge in [-0.1, -0.05) is 25.1 Å². The van der Waals surface area contributed by atoms with Gasteiger partial charge < -0.3 is 17.7 Å². The number of rotatable bonds is 10. The van der Waals surface area contributed by atoms with Crippen molar-refractivity contribution in [3.8, 4) is 5.75 Å². The lowest BCUT2D eigenvalue weighted by atomic mass is 10.3. The van der Waals surface area contributed by atoms with Crippen LogP contribution in [0.1, 0.15) is 13.3 Å². The van der Waals surface area contributed by atoms with Crippen molar-refractivity contribution in [2.45, 2.75) is 64.9 Å². The second-order valence-corrected chi connectivity index (χ2v) is 21.6. The van der Waals surface area contributed by atoms with Crippen molar-refractivity contribution in [1.29, 1.82) is 0 Å². The minimum atomic E-state index is -2.80. The molecule has 0 N–H and O–H groups in total. The molecule has 0 radical (unpaired) electrons. The van der Waals surface area contributed by atoms with Crippen LogP contribution in [0.4, 0.5) is 0 Å². The summed E-state index contributed by atoms with van der Waals surface area (Å²) < 4.78 is 23.7. The first-order valence-corrected chi connectivity index (χ1v) is 19.0. The molecule has 0 heterocycles. The van der Waals surface area contributed by atoms with Gasteiger partial charge in [-0.05, 0) is 64.4 Å². The van der Waals surface area contributed by atoms with Gasteiger partial charge in [0.25, 0.3) is 0 Å². The summed E-state index contributed by atoms with van der Waals surface area (Å²) in [5, 5.41) is 0. The summed E-state index contributed by atoms with van der Waals surface area (Å²) in [6, 6.07) is 8.66. The molecule has 1 aromatic carbocycles. The number of hydrogen-bond acceptors (Lipinski definition) is 6. The van der Waals surface area contributed by atoms with Crippen LogP contribution in [0.15, 0.2) is 42.5 Å². The SMILES string of the molecule is CCC(OC(=O)/C=C/C(=O)Oc1ccccc1)[Si](C)(O[Si](C)(C)C)O[Si](C)(C)C. The molecule has 0 fully saturated rings. The zero-order valence-electron chi connectivity index (χ0n) is 18.8. The Kier molecular flexibility index (Phi) is 9.22. The second kappa shape index (κ2) is 10.5. The molecule has 0 aliphatic heterocycles. The Balaban J connectivity index is 2.85. The molecule has 0 aliphatic rings. The third-order valence-electron chi connectivity index (χ3n) is 3.55. The van der Waals surface area contributed by atoms with E-state index in [4.69, 9.17) is 17.7 Å². The number of benzene rings is 1.